The van der Waals surface area contributed by atoms with Crippen molar-refractivity contribution in [3.63, 3.8) is 0 Å². The Labute approximate surface area is 136 Å². The van der Waals surface area contributed by atoms with E-state index in [0.29, 0.717) is 0 Å². The summed E-state index contributed by atoms with van der Waals surface area (Å²) in [6.45, 7) is 5.12. The summed E-state index contributed by atoms with van der Waals surface area (Å²) in [6.07, 6.45) is 4.46. The molecular weight excluding hydrogens is 280 g/mol. The van der Waals surface area contributed by atoms with Crippen LogP contribution in [0.5, 0.6) is 0 Å². The third-order valence-electron chi connectivity index (χ3n) is 4.28. The standard InChI is InChI=1S/C21H20N2/c1-16-11-18-7-3-5-9-20(18)22(13-16)15-23-14-17(2)12-19-8-4-6-10-21(19)23/h3-14H,15H2,1-2H3/q+2. The van der Waals surface area contributed by atoms with Crippen molar-refractivity contribution >= 4 is 21.8 Å². The molecule has 4 rings (SSSR count). The molecular formula is C21H20N2+2. The number of fused-ring (bicyclic) bond motifs is 2. The van der Waals surface area contributed by atoms with Crippen molar-refractivity contribution in [2.45, 2.75) is 20.5 Å². The van der Waals surface area contributed by atoms with Crippen molar-refractivity contribution in [2.24, 2.45) is 0 Å². The van der Waals surface area contributed by atoms with E-state index in [9.17, 15) is 0 Å². The van der Waals surface area contributed by atoms with Crippen LogP contribution in [0.1, 0.15) is 11.1 Å². The number of hydrogen-bond acceptors (Lipinski definition) is 0. The molecule has 2 nitrogen and oxygen atoms in total. The van der Waals surface area contributed by atoms with Gasteiger partial charge in [-0.3, -0.25) is 0 Å². The topological polar surface area (TPSA) is 7.76 Å². The van der Waals surface area contributed by atoms with E-state index in [4.69, 9.17) is 0 Å². The van der Waals surface area contributed by atoms with Crippen LogP contribution in [0.4, 0.5) is 0 Å². The highest BCUT2D eigenvalue weighted by atomic mass is 15.1. The molecule has 0 saturated heterocycles. The minimum Gasteiger partial charge on any atom is -0.139 e. The number of pyridine rings is 2. The van der Waals surface area contributed by atoms with Gasteiger partial charge in [0, 0.05) is 34.0 Å². The fourth-order valence-corrected chi connectivity index (χ4v) is 3.34. The van der Waals surface area contributed by atoms with Gasteiger partial charge in [0.1, 0.15) is 0 Å². The van der Waals surface area contributed by atoms with Crippen molar-refractivity contribution in [1.29, 1.82) is 0 Å². The number of para-hydroxylation sites is 2. The predicted octanol–water partition coefficient (Wildman–Crippen LogP) is 3.69. The second-order valence-electron chi connectivity index (χ2n) is 6.23. The second-order valence-corrected chi connectivity index (χ2v) is 6.23. The van der Waals surface area contributed by atoms with Crippen molar-refractivity contribution in [2.75, 3.05) is 0 Å². The molecule has 0 amide bonds. The number of aromatic nitrogens is 2. The molecule has 0 spiro atoms. The monoisotopic (exact) mass is 300 g/mol. The van der Waals surface area contributed by atoms with E-state index in [-0.39, 0.29) is 0 Å². The molecule has 0 saturated carbocycles. The first-order valence-corrected chi connectivity index (χ1v) is 7.98. The van der Waals surface area contributed by atoms with E-state index in [1.165, 1.54) is 32.9 Å². The Morgan fingerprint density at radius 1 is 0.652 bits per heavy atom. The Morgan fingerprint density at radius 3 is 1.57 bits per heavy atom. The number of hydrogen-bond donors (Lipinski definition) is 0. The van der Waals surface area contributed by atoms with Crippen LogP contribution in [0, 0.1) is 13.8 Å². The maximum absolute atomic E-state index is 2.33. The minimum absolute atomic E-state index is 0.810. The number of nitrogens with zero attached hydrogens (tertiary/aromatic N) is 2. The maximum atomic E-state index is 2.33. The summed E-state index contributed by atoms with van der Waals surface area (Å²) in [4.78, 5) is 0. The van der Waals surface area contributed by atoms with Crippen LogP contribution < -0.4 is 9.13 Å². The van der Waals surface area contributed by atoms with Gasteiger partial charge in [-0.25, -0.2) is 0 Å². The molecule has 112 valence electrons. The lowest BCUT2D eigenvalue weighted by Gasteiger charge is -2.04. The lowest BCUT2D eigenvalue weighted by molar-refractivity contribution is -0.890. The van der Waals surface area contributed by atoms with Gasteiger partial charge in [0.2, 0.25) is 11.0 Å². The van der Waals surface area contributed by atoms with Crippen molar-refractivity contribution in [3.8, 4) is 0 Å². The largest absolute Gasteiger partial charge is 0.344 e. The highest BCUT2D eigenvalue weighted by molar-refractivity contribution is 5.76. The quantitative estimate of drug-likeness (QED) is 0.499. The first-order valence-electron chi connectivity index (χ1n) is 7.98. The Kier molecular flexibility index (Phi) is 3.30. The lowest BCUT2D eigenvalue weighted by Crippen LogP contribution is -2.52. The SMILES string of the molecule is Cc1cc2ccccc2[n+](C[n+]2cc(C)cc3ccccc32)c1. The van der Waals surface area contributed by atoms with Gasteiger partial charge in [0.15, 0.2) is 12.4 Å². The predicted molar refractivity (Wildman–Crippen MR) is 93.2 cm³/mol. The molecule has 2 heterocycles. The summed E-state index contributed by atoms with van der Waals surface area (Å²) < 4.78 is 4.66. The molecule has 0 aliphatic rings. The van der Waals surface area contributed by atoms with Gasteiger partial charge in [-0.1, -0.05) is 24.3 Å². The van der Waals surface area contributed by atoms with Gasteiger partial charge in [0.05, 0.1) is 0 Å². The average Bonchev–Trinajstić information content (AvgIpc) is 2.54. The van der Waals surface area contributed by atoms with Gasteiger partial charge in [-0.05, 0) is 38.1 Å². The molecule has 2 aromatic carbocycles. The second kappa shape index (κ2) is 5.47. The number of aryl methyl sites for hydroxylation is 2. The zero-order valence-corrected chi connectivity index (χ0v) is 13.5. The van der Waals surface area contributed by atoms with E-state index in [1.807, 2.05) is 0 Å². The van der Waals surface area contributed by atoms with Gasteiger partial charge in [-0.2, -0.15) is 0 Å². The van der Waals surface area contributed by atoms with E-state index >= 15 is 0 Å². The third kappa shape index (κ3) is 2.57. The molecule has 0 aliphatic heterocycles. The van der Waals surface area contributed by atoms with E-state index in [2.05, 4.69) is 96.0 Å². The third-order valence-corrected chi connectivity index (χ3v) is 4.28. The Balaban J connectivity index is 1.92. The van der Waals surface area contributed by atoms with Crippen molar-refractivity contribution in [3.05, 3.63) is 84.2 Å². The Morgan fingerprint density at radius 2 is 1.09 bits per heavy atom. The van der Waals surface area contributed by atoms with E-state index < -0.39 is 0 Å². The fourth-order valence-electron chi connectivity index (χ4n) is 3.34. The van der Waals surface area contributed by atoms with Gasteiger partial charge >= 0.3 is 6.67 Å². The molecule has 0 radical (unpaired) electrons. The van der Waals surface area contributed by atoms with Gasteiger partial charge < -0.3 is 0 Å². The number of benzene rings is 2. The fraction of sp³-hybridized carbons (Fsp3) is 0.143. The van der Waals surface area contributed by atoms with Crippen LogP contribution in [0.3, 0.4) is 0 Å². The van der Waals surface area contributed by atoms with Crippen LogP contribution in [-0.2, 0) is 6.67 Å². The molecule has 0 atom stereocenters. The van der Waals surface area contributed by atoms with E-state index in [1.54, 1.807) is 0 Å². The highest BCUT2D eigenvalue weighted by Gasteiger charge is 2.17. The van der Waals surface area contributed by atoms with Crippen LogP contribution in [0.2, 0.25) is 0 Å². The maximum Gasteiger partial charge on any atom is 0.344 e. The lowest BCUT2D eigenvalue weighted by atomic mass is 10.1. The summed E-state index contributed by atoms with van der Waals surface area (Å²) in [5.41, 5.74) is 5.08. The molecule has 0 N–H and O–H groups in total. The molecule has 0 unspecified atom stereocenters. The Hall–Kier alpha value is -2.74. The normalized spacial score (nSPS) is 11.2. The Bertz CT molecular complexity index is 935. The molecule has 0 aliphatic carbocycles. The number of rotatable bonds is 2. The minimum atomic E-state index is 0.810. The van der Waals surface area contributed by atoms with Crippen LogP contribution in [0.15, 0.2) is 73.1 Å². The summed E-state index contributed by atoms with van der Waals surface area (Å²) in [5.74, 6) is 0. The zero-order chi connectivity index (χ0) is 15.8. The molecule has 4 aromatic rings. The molecule has 0 fully saturated rings. The van der Waals surface area contributed by atoms with Gasteiger partial charge in [-0.15, -0.1) is 9.13 Å². The zero-order valence-electron chi connectivity index (χ0n) is 13.5. The van der Waals surface area contributed by atoms with Gasteiger partial charge in [0.25, 0.3) is 0 Å². The molecule has 2 aromatic heterocycles. The molecule has 0 bridgehead atoms. The van der Waals surface area contributed by atoms with Crippen molar-refractivity contribution < 1.29 is 9.13 Å². The van der Waals surface area contributed by atoms with Crippen LogP contribution in [0.25, 0.3) is 21.8 Å². The van der Waals surface area contributed by atoms with Crippen molar-refractivity contribution in [1.82, 2.24) is 0 Å². The average molecular weight is 300 g/mol. The molecule has 2 heteroatoms. The summed E-state index contributed by atoms with van der Waals surface area (Å²) in [5, 5.41) is 2.56. The first kappa shape index (κ1) is 13.9. The molecule has 23 heavy (non-hydrogen) atoms. The van der Waals surface area contributed by atoms with Crippen LogP contribution >= 0.6 is 0 Å². The first-order chi connectivity index (χ1) is 11.2. The highest BCUT2D eigenvalue weighted by Crippen LogP contribution is 2.12. The smallest absolute Gasteiger partial charge is 0.139 e. The summed E-state index contributed by atoms with van der Waals surface area (Å²) >= 11 is 0. The summed E-state index contributed by atoms with van der Waals surface area (Å²) in [6, 6.07) is 21.6. The van der Waals surface area contributed by atoms with Crippen LogP contribution in [-0.4, -0.2) is 0 Å². The van der Waals surface area contributed by atoms with E-state index in [0.717, 1.165) is 6.67 Å². The summed E-state index contributed by atoms with van der Waals surface area (Å²) in [7, 11) is 0.